The Balaban J connectivity index is 2.99. The van der Waals surface area contributed by atoms with Gasteiger partial charge in [0.2, 0.25) is 0 Å². The molecule has 3 heteroatoms. The Morgan fingerprint density at radius 1 is 0.667 bits per heavy atom. The molecule has 0 saturated carbocycles. The van der Waals surface area contributed by atoms with Crippen LogP contribution in [0.15, 0.2) is 0 Å². The first-order chi connectivity index (χ1) is 8.56. The van der Waals surface area contributed by atoms with Gasteiger partial charge in [-0.3, -0.25) is 0 Å². The quantitative estimate of drug-likeness (QED) is 0.223. The van der Waals surface area contributed by atoms with Gasteiger partial charge in [0.15, 0.2) is 8.32 Å². The highest BCUT2D eigenvalue weighted by atomic mass is 79.9. The molecule has 0 atom stereocenters. The Hall–Kier alpha value is 0.657. The molecule has 0 N–H and O–H groups in total. The van der Waals surface area contributed by atoms with Gasteiger partial charge in [-0.15, -0.1) is 0 Å². The first kappa shape index (κ1) is 18.7. The molecule has 0 aliphatic rings. The van der Waals surface area contributed by atoms with E-state index in [1.165, 1.54) is 69.5 Å². The number of alkyl halides is 1. The molecular weight excluding hydrogens is 304 g/mol. The van der Waals surface area contributed by atoms with Gasteiger partial charge in [-0.25, -0.2) is 0 Å². The lowest BCUT2D eigenvalue weighted by atomic mass is 10.1. The summed E-state index contributed by atoms with van der Waals surface area (Å²) in [5.41, 5.74) is 0. The Labute approximate surface area is 124 Å². The molecule has 0 radical (unpaired) electrons. The molecule has 1 nitrogen and oxygen atoms in total. The predicted molar refractivity (Wildman–Crippen MR) is 89.3 cm³/mol. The minimum atomic E-state index is -1.26. The molecule has 0 bridgehead atoms. The van der Waals surface area contributed by atoms with E-state index < -0.39 is 8.32 Å². The van der Waals surface area contributed by atoms with Crippen molar-refractivity contribution in [3.8, 4) is 0 Å². The topological polar surface area (TPSA) is 9.23 Å². The first-order valence-electron chi connectivity index (χ1n) is 7.76. The zero-order chi connectivity index (χ0) is 13.7. The van der Waals surface area contributed by atoms with Gasteiger partial charge >= 0.3 is 0 Å². The molecule has 18 heavy (non-hydrogen) atoms. The maximum Gasteiger partial charge on any atom is 0.183 e. The Morgan fingerprint density at radius 3 is 1.44 bits per heavy atom. The highest BCUT2D eigenvalue weighted by Gasteiger charge is 2.12. The third-order valence-electron chi connectivity index (χ3n) is 3.06. The lowest BCUT2D eigenvalue weighted by molar-refractivity contribution is 0.298. The van der Waals surface area contributed by atoms with Gasteiger partial charge in [0.05, 0.1) is 0 Å². The second-order valence-electron chi connectivity index (χ2n) is 6.19. The van der Waals surface area contributed by atoms with E-state index in [4.69, 9.17) is 4.43 Å². The zero-order valence-corrected chi connectivity index (χ0v) is 15.4. The highest BCUT2D eigenvalue weighted by molar-refractivity contribution is 9.09. The van der Waals surface area contributed by atoms with E-state index >= 15 is 0 Å². The number of rotatable bonds is 13. The summed E-state index contributed by atoms with van der Waals surface area (Å²) in [4.78, 5) is 0. The summed E-state index contributed by atoms with van der Waals surface area (Å²) < 4.78 is 5.85. The Bertz CT molecular complexity index is 168. The van der Waals surface area contributed by atoms with Crippen LogP contribution in [0.2, 0.25) is 19.6 Å². The van der Waals surface area contributed by atoms with Crippen molar-refractivity contribution in [2.45, 2.75) is 83.8 Å². The van der Waals surface area contributed by atoms with E-state index in [9.17, 15) is 0 Å². The summed E-state index contributed by atoms with van der Waals surface area (Å²) in [5.74, 6) is 0. The summed E-state index contributed by atoms with van der Waals surface area (Å²) in [6, 6.07) is 0. The van der Waals surface area contributed by atoms with Crippen LogP contribution < -0.4 is 0 Å². The number of unbranched alkanes of at least 4 members (excludes halogenated alkanes) is 9. The minimum Gasteiger partial charge on any atom is -0.418 e. The zero-order valence-electron chi connectivity index (χ0n) is 12.8. The standard InChI is InChI=1S/C15H33BrOSi/c1-18(2,3)17-15-13-11-9-7-5-4-6-8-10-12-14-16/h4-15H2,1-3H3. The van der Waals surface area contributed by atoms with Crippen LogP contribution in [0.4, 0.5) is 0 Å². The van der Waals surface area contributed by atoms with E-state index in [2.05, 4.69) is 35.6 Å². The average molecular weight is 337 g/mol. The van der Waals surface area contributed by atoms with Crippen molar-refractivity contribution in [1.29, 1.82) is 0 Å². The van der Waals surface area contributed by atoms with Crippen molar-refractivity contribution < 1.29 is 4.43 Å². The fourth-order valence-electron chi connectivity index (χ4n) is 1.99. The predicted octanol–water partition coefficient (Wildman–Crippen LogP) is 6.13. The second-order valence-corrected chi connectivity index (χ2v) is 11.5. The van der Waals surface area contributed by atoms with Gasteiger partial charge in [-0.05, 0) is 32.5 Å². The molecular formula is C15H33BrOSi. The van der Waals surface area contributed by atoms with Crippen molar-refractivity contribution in [3.63, 3.8) is 0 Å². The molecule has 0 saturated heterocycles. The molecule has 0 rings (SSSR count). The smallest absolute Gasteiger partial charge is 0.183 e. The lowest BCUT2D eigenvalue weighted by Gasteiger charge is -2.16. The molecule has 0 spiro atoms. The number of halogens is 1. The maximum absolute atomic E-state index is 5.85. The molecule has 0 aliphatic carbocycles. The van der Waals surface area contributed by atoms with Crippen molar-refractivity contribution in [3.05, 3.63) is 0 Å². The van der Waals surface area contributed by atoms with Crippen LogP contribution in [-0.4, -0.2) is 20.3 Å². The van der Waals surface area contributed by atoms with Crippen LogP contribution in [0.3, 0.4) is 0 Å². The van der Waals surface area contributed by atoms with Crippen LogP contribution in [0, 0.1) is 0 Å². The van der Waals surface area contributed by atoms with E-state index in [0.717, 1.165) is 6.61 Å². The van der Waals surface area contributed by atoms with Crippen molar-refractivity contribution in [1.82, 2.24) is 0 Å². The van der Waals surface area contributed by atoms with Gasteiger partial charge in [-0.1, -0.05) is 67.3 Å². The fraction of sp³-hybridized carbons (Fsp3) is 1.00. The molecule has 0 aromatic heterocycles. The van der Waals surface area contributed by atoms with E-state index in [-0.39, 0.29) is 0 Å². The SMILES string of the molecule is C[Si](C)(C)OCCCCCCCCCCCCBr. The summed E-state index contributed by atoms with van der Waals surface area (Å²) in [5, 5.41) is 1.17. The maximum atomic E-state index is 5.85. The summed E-state index contributed by atoms with van der Waals surface area (Å²) in [7, 11) is -1.26. The van der Waals surface area contributed by atoms with Crippen LogP contribution in [-0.2, 0) is 4.43 Å². The third kappa shape index (κ3) is 16.7. The lowest BCUT2D eigenvalue weighted by Crippen LogP contribution is -2.25. The van der Waals surface area contributed by atoms with Crippen molar-refractivity contribution in [2.75, 3.05) is 11.9 Å². The highest BCUT2D eigenvalue weighted by Crippen LogP contribution is 2.11. The van der Waals surface area contributed by atoms with Crippen molar-refractivity contribution in [2.24, 2.45) is 0 Å². The molecule has 0 amide bonds. The molecule has 0 fully saturated rings. The number of hydrogen-bond donors (Lipinski definition) is 0. The summed E-state index contributed by atoms with van der Waals surface area (Å²) in [6.45, 7) is 7.79. The summed E-state index contributed by atoms with van der Waals surface area (Å²) in [6.07, 6.45) is 13.9. The van der Waals surface area contributed by atoms with Crippen LogP contribution in [0.5, 0.6) is 0 Å². The molecule has 0 aromatic carbocycles. The first-order valence-corrected chi connectivity index (χ1v) is 12.3. The molecule has 110 valence electrons. The van der Waals surface area contributed by atoms with Gasteiger partial charge in [0, 0.05) is 11.9 Å². The Morgan fingerprint density at radius 2 is 1.06 bits per heavy atom. The Kier molecular flexibility index (Phi) is 13.1. The fourth-order valence-corrected chi connectivity index (χ4v) is 3.14. The van der Waals surface area contributed by atoms with Gasteiger partial charge in [-0.2, -0.15) is 0 Å². The monoisotopic (exact) mass is 336 g/mol. The largest absolute Gasteiger partial charge is 0.418 e. The average Bonchev–Trinajstić information content (AvgIpc) is 2.29. The third-order valence-corrected chi connectivity index (χ3v) is 4.69. The van der Waals surface area contributed by atoms with Gasteiger partial charge in [0.25, 0.3) is 0 Å². The second kappa shape index (κ2) is 12.7. The van der Waals surface area contributed by atoms with Gasteiger partial charge < -0.3 is 4.43 Å². The van der Waals surface area contributed by atoms with E-state index in [1.807, 2.05) is 0 Å². The van der Waals surface area contributed by atoms with Crippen LogP contribution in [0.1, 0.15) is 64.2 Å². The van der Waals surface area contributed by atoms with Crippen LogP contribution >= 0.6 is 15.9 Å². The van der Waals surface area contributed by atoms with Gasteiger partial charge in [0.1, 0.15) is 0 Å². The minimum absolute atomic E-state index is 0.988. The molecule has 0 aliphatic heterocycles. The molecule has 0 heterocycles. The summed E-state index contributed by atoms with van der Waals surface area (Å²) >= 11 is 3.48. The number of hydrogen-bond acceptors (Lipinski definition) is 1. The molecule has 0 aromatic rings. The van der Waals surface area contributed by atoms with Crippen molar-refractivity contribution >= 4 is 24.2 Å². The van der Waals surface area contributed by atoms with E-state index in [1.54, 1.807) is 0 Å². The molecule has 0 unspecified atom stereocenters. The normalized spacial score (nSPS) is 12.0. The van der Waals surface area contributed by atoms with Crippen LogP contribution in [0.25, 0.3) is 0 Å². The van der Waals surface area contributed by atoms with E-state index in [0.29, 0.717) is 0 Å².